The van der Waals surface area contributed by atoms with E-state index in [1.165, 1.54) is 12.1 Å². The number of aromatic hydroxyl groups is 2. The van der Waals surface area contributed by atoms with E-state index in [1.54, 1.807) is 40.7 Å². The number of carbonyl (C=O) groups is 3. The molecule has 1 atom stereocenters. The third kappa shape index (κ3) is 7.48. The average molecular weight is 896 g/mol. The second-order valence-corrected chi connectivity index (χ2v) is 17.9. The summed E-state index contributed by atoms with van der Waals surface area (Å²) in [6.45, 7) is 9.47. The number of aliphatic hydroxyl groups is 1. The zero-order chi connectivity index (χ0) is 46.8. The van der Waals surface area contributed by atoms with Crippen molar-refractivity contribution >= 4 is 51.4 Å². The van der Waals surface area contributed by atoms with Crippen molar-refractivity contribution in [1.82, 2.24) is 19.0 Å². The van der Waals surface area contributed by atoms with Gasteiger partial charge in [0.25, 0.3) is 5.56 Å². The van der Waals surface area contributed by atoms with E-state index in [9.17, 15) is 34.5 Å². The first kappa shape index (κ1) is 44.0. The molecule has 1 fully saturated rings. The minimum Gasteiger partial charge on any atom is -0.508 e. The van der Waals surface area contributed by atoms with Crippen LogP contribution in [0.5, 0.6) is 17.2 Å². The molecule has 0 spiro atoms. The van der Waals surface area contributed by atoms with E-state index >= 15 is 0 Å². The van der Waals surface area contributed by atoms with Crippen LogP contribution < -0.4 is 20.9 Å². The summed E-state index contributed by atoms with van der Waals surface area (Å²) in [5.74, 6) is -0.740. The van der Waals surface area contributed by atoms with Crippen LogP contribution in [0.3, 0.4) is 0 Å². The number of fused-ring (bicyclic) bond motifs is 6. The molecule has 6 aromatic rings. The number of primary amides is 1. The number of cyclic esters (lactones) is 1. The number of anilines is 1. The van der Waals surface area contributed by atoms with Crippen molar-refractivity contribution in [2.24, 2.45) is 11.7 Å². The predicted molar refractivity (Wildman–Crippen MR) is 248 cm³/mol. The Morgan fingerprint density at radius 3 is 2.50 bits per heavy atom. The van der Waals surface area contributed by atoms with Crippen molar-refractivity contribution in [3.8, 4) is 28.6 Å². The van der Waals surface area contributed by atoms with Crippen molar-refractivity contribution < 1.29 is 39.2 Å². The molecule has 0 bridgehead atoms. The maximum atomic E-state index is 13.7. The predicted octanol–water partition coefficient (Wildman–Crippen LogP) is 7.73. The monoisotopic (exact) mass is 895 g/mol. The van der Waals surface area contributed by atoms with Gasteiger partial charge in [0.05, 0.1) is 40.3 Å². The number of amides is 3. The van der Waals surface area contributed by atoms with Gasteiger partial charge in [-0.15, -0.1) is 0 Å². The Hall–Kier alpha value is -7.20. The number of likely N-dealkylation sites (tertiary alicyclic amines) is 1. The van der Waals surface area contributed by atoms with Crippen LogP contribution in [0.25, 0.3) is 33.2 Å². The van der Waals surface area contributed by atoms with Crippen LogP contribution >= 0.6 is 0 Å². The van der Waals surface area contributed by atoms with E-state index in [1.807, 2.05) is 51.2 Å². The quantitative estimate of drug-likeness (QED) is 0.0510. The van der Waals surface area contributed by atoms with Gasteiger partial charge in [-0.2, -0.15) is 0 Å². The lowest BCUT2D eigenvalue weighted by Crippen LogP contribution is -2.44. The smallest absolute Gasteiger partial charge is 0.415 e. The first-order chi connectivity index (χ1) is 31.6. The van der Waals surface area contributed by atoms with Gasteiger partial charge < -0.3 is 44.6 Å². The Labute approximate surface area is 380 Å². The second-order valence-electron chi connectivity index (χ2n) is 17.9. The molecule has 6 heterocycles. The molecule has 3 aliphatic heterocycles. The molecular formula is C50H53N7O9. The van der Waals surface area contributed by atoms with Crippen LogP contribution in [0, 0.1) is 11.3 Å². The van der Waals surface area contributed by atoms with E-state index in [-0.39, 0.29) is 65.1 Å². The number of ether oxygens (including phenoxy) is 2. The summed E-state index contributed by atoms with van der Waals surface area (Å²) < 4.78 is 14.9. The summed E-state index contributed by atoms with van der Waals surface area (Å²) in [6, 6.07) is 16.2. The van der Waals surface area contributed by atoms with E-state index in [2.05, 4.69) is 4.57 Å². The minimum atomic E-state index is -1.91. The van der Waals surface area contributed by atoms with Gasteiger partial charge in [0.2, 0.25) is 0 Å². The number of aromatic nitrogens is 3. The molecule has 16 heteroatoms. The standard InChI is InChI=1S/C50H53N7O9/c1-5-32-34-21-31(10-11-39(34)53-44-36(32)25-56-41(44)23-38-37(46(56)60)26-65-47(61)50(38,64)6-2)66-49(63)55-17-13-28(14-18-55)8-7-16-54-19-15-29-20-30(9-12-40(29)54)57(48(52)62)45(51)35-22-33(27(3)4)42(58)24-43(35)59/h9-12,15,19-24,27-28,51,58-59,64H,5-8,13-14,16-18,25-26H2,1-4H3,(H2,52,62)/t50-/m1/s1. The van der Waals surface area contributed by atoms with Crippen LogP contribution in [0.4, 0.5) is 15.3 Å². The summed E-state index contributed by atoms with van der Waals surface area (Å²) >= 11 is 0. The maximum absolute atomic E-state index is 13.7. The van der Waals surface area contributed by atoms with E-state index in [4.69, 9.17) is 25.6 Å². The lowest BCUT2D eigenvalue weighted by atomic mass is 9.86. The van der Waals surface area contributed by atoms with Crippen LogP contribution in [-0.4, -0.2) is 71.4 Å². The Morgan fingerprint density at radius 2 is 1.79 bits per heavy atom. The molecule has 0 radical (unpaired) electrons. The fourth-order valence-corrected chi connectivity index (χ4v) is 9.98. The number of aryl methyl sites for hydroxylation is 2. The molecule has 6 N–H and O–H groups in total. The fourth-order valence-electron chi connectivity index (χ4n) is 9.98. The second kappa shape index (κ2) is 17.0. The van der Waals surface area contributed by atoms with Gasteiger partial charge in [-0.1, -0.05) is 27.7 Å². The molecule has 1 saturated heterocycles. The van der Waals surface area contributed by atoms with Gasteiger partial charge in [-0.3, -0.25) is 10.2 Å². The number of esters is 1. The molecule has 3 aliphatic rings. The lowest BCUT2D eigenvalue weighted by molar-refractivity contribution is -0.172. The minimum absolute atomic E-state index is 0.0620. The topological polar surface area (TPSA) is 227 Å². The number of nitrogens with zero attached hydrogens (tertiary/aromatic N) is 5. The highest BCUT2D eigenvalue weighted by atomic mass is 16.6. The molecule has 16 nitrogen and oxygen atoms in total. The van der Waals surface area contributed by atoms with Gasteiger partial charge in [-0.05, 0) is 116 Å². The number of phenolic OH excluding ortho intramolecular Hbond substituents is 2. The lowest BCUT2D eigenvalue weighted by Gasteiger charge is -2.31. The summed E-state index contributed by atoms with van der Waals surface area (Å²) in [7, 11) is 0. The zero-order valence-corrected chi connectivity index (χ0v) is 37.4. The molecule has 3 amide bonds. The highest BCUT2D eigenvalue weighted by Gasteiger charge is 2.45. The summed E-state index contributed by atoms with van der Waals surface area (Å²) in [5.41, 5.74) is 9.73. The first-order valence-corrected chi connectivity index (χ1v) is 22.5. The summed E-state index contributed by atoms with van der Waals surface area (Å²) in [5, 5.41) is 42.7. The normalized spacial score (nSPS) is 16.9. The number of nitrogens with two attached hydrogens (primary N) is 1. The van der Waals surface area contributed by atoms with E-state index in [0.29, 0.717) is 59.3 Å². The Bertz CT molecular complexity index is 3060. The van der Waals surface area contributed by atoms with Crippen molar-refractivity contribution in [3.63, 3.8) is 0 Å². The first-order valence-electron chi connectivity index (χ1n) is 22.5. The molecule has 0 saturated carbocycles. The molecule has 66 heavy (non-hydrogen) atoms. The van der Waals surface area contributed by atoms with Crippen molar-refractivity contribution in [2.75, 3.05) is 18.0 Å². The number of benzene rings is 3. The number of piperidine rings is 1. The average Bonchev–Trinajstić information content (AvgIpc) is 3.87. The summed E-state index contributed by atoms with van der Waals surface area (Å²) in [4.78, 5) is 60.2. The van der Waals surface area contributed by atoms with Gasteiger partial charge in [0.1, 0.15) is 29.7 Å². The number of nitrogens with one attached hydrogen (secondary N) is 1. The van der Waals surface area contributed by atoms with Gasteiger partial charge >= 0.3 is 18.1 Å². The number of rotatable bonds is 10. The van der Waals surface area contributed by atoms with Gasteiger partial charge in [0, 0.05) is 59.3 Å². The number of pyridine rings is 2. The highest BCUT2D eigenvalue weighted by molar-refractivity contribution is 6.22. The molecule has 3 aromatic carbocycles. The Morgan fingerprint density at radius 1 is 1.02 bits per heavy atom. The number of amidine groups is 1. The van der Waals surface area contributed by atoms with Crippen LogP contribution in [0.2, 0.25) is 0 Å². The molecular weight excluding hydrogens is 843 g/mol. The Kier molecular flexibility index (Phi) is 11.3. The molecule has 9 rings (SSSR count). The van der Waals surface area contributed by atoms with Crippen LogP contribution in [0.1, 0.15) is 99.1 Å². The van der Waals surface area contributed by atoms with E-state index < -0.39 is 23.7 Å². The number of urea groups is 1. The number of hydrogen-bond donors (Lipinski definition) is 5. The third-order valence-electron chi connectivity index (χ3n) is 13.7. The van der Waals surface area contributed by atoms with Gasteiger partial charge in [-0.25, -0.2) is 24.3 Å². The maximum Gasteiger partial charge on any atom is 0.415 e. The van der Waals surface area contributed by atoms with Crippen molar-refractivity contribution in [2.45, 2.75) is 97.4 Å². The fraction of sp³-hybridized carbons (Fsp3) is 0.360. The third-order valence-corrected chi connectivity index (χ3v) is 13.7. The van der Waals surface area contributed by atoms with Crippen LogP contribution in [0.15, 0.2) is 71.7 Å². The van der Waals surface area contributed by atoms with E-state index in [0.717, 1.165) is 64.5 Å². The van der Waals surface area contributed by atoms with Gasteiger partial charge in [0.15, 0.2) is 5.60 Å². The van der Waals surface area contributed by atoms with Crippen molar-refractivity contribution in [3.05, 3.63) is 111 Å². The van der Waals surface area contributed by atoms with Crippen molar-refractivity contribution in [1.29, 1.82) is 5.41 Å². The zero-order valence-electron chi connectivity index (χ0n) is 37.4. The molecule has 0 unspecified atom stereocenters. The molecule has 3 aromatic heterocycles. The number of carbonyl (C=O) groups excluding carboxylic acids is 3. The molecule has 0 aliphatic carbocycles. The highest BCUT2D eigenvalue weighted by Crippen LogP contribution is 2.41. The number of phenols is 2. The SMILES string of the molecule is CCc1c2c(nc3ccc(OC(=O)N4CCC(CCCn5ccc6cc(N(C(=N)c7cc(C(C)C)c(O)cc7O)C(N)=O)ccc65)CC4)cc13)-c1cc3c(c(=O)n1C2)COC(=O)[C@@]3(O)CC. The van der Waals surface area contributed by atoms with Crippen LogP contribution in [-0.2, 0) is 41.2 Å². The molecule has 342 valence electrons. The number of hydrogen-bond acceptors (Lipinski definition) is 11. The Balaban J connectivity index is 0.816. The summed E-state index contributed by atoms with van der Waals surface area (Å²) in [6.07, 6.45) is 5.88. The largest absolute Gasteiger partial charge is 0.508 e.